The lowest BCUT2D eigenvalue weighted by molar-refractivity contribution is -0.384. The first-order valence-electron chi connectivity index (χ1n) is 8.44. The number of hydrogen-bond acceptors (Lipinski definition) is 5. The molecule has 0 aromatic heterocycles. The number of amides is 1. The van der Waals surface area contributed by atoms with Crippen LogP contribution in [-0.4, -0.2) is 22.0 Å². The van der Waals surface area contributed by atoms with E-state index in [1.54, 1.807) is 37.3 Å². The Morgan fingerprint density at radius 3 is 2.52 bits per heavy atom. The largest absolute Gasteiger partial charge is 0.491 e. The van der Waals surface area contributed by atoms with Gasteiger partial charge in [-0.3, -0.25) is 20.2 Å². The predicted octanol–water partition coefficient (Wildman–Crippen LogP) is 4.21. The monoisotopic (exact) mass is 387 g/mol. The van der Waals surface area contributed by atoms with E-state index in [-0.39, 0.29) is 22.8 Å². The molecule has 8 heteroatoms. The first-order chi connectivity index (χ1) is 12.8. The van der Waals surface area contributed by atoms with Crippen LogP contribution in [0, 0.1) is 17.0 Å². The summed E-state index contributed by atoms with van der Waals surface area (Å²) >= 11 is 5.14. The van der Waals surface area contributed by atoms with E-state index in [9.17, 15) is 14.9 Å². The van der Waals surface area contributed by atoms with E-state index in [0.29, 0.717) is 17.0 Å². The maximum atomic E-state index is 12.3. The third-order valence-electron chi connectivity index (χ3n) is 3.94. The number of aryl methyl sites for hydroxylation is 1. The third kappa shape index (κ3) is 5.75. The molecule has 0 aliphatic carbocycles. The standard InChI is InChI=1S/C19H21N3O4S/c1-4-13(3)26-16-9-6-14(7-10-16)18(23)21-19(27)20-17-11-15(22(24)25)8-5-12(17)2/h5-11,13H,4H2,1-3H3,(H2,20,21,23,27). The lowest BCUT2D eigenvalue weighted by Gasteiger charge is -2.13. The number of rotatable bonds is 6. The van der Waals surface area contributed by atoms with E-state index in [0.717, 1.165) is 12.0 Å². The molecular weight excluding hydrogens is 366 g/mol. The van der Waals surface area contributed by atoms with E-state index in [1.165, 1.54) is 12.1 Å². The molecule has 0 saturated carbocycles. The molecule has 27 heavy (non-hydrogen) atoms. The first-order valence-corrected chi connectivity index (χ1v) is 8.85. The number of nitro groups is 1. The van der Waals surface area contributed by atoms with Crippen LogP contribution in [0.1, 0.15) is 36.2 Å². The van der Waals surface area contributed by atoms with Crippen LogP contribution in [0.2, 0.25) is 0 Å². The van der Waals surface area contributed by atoms with Crippen LogP contribution in [-0.2, 0) is 0 Å². The van der Waals surface area contributed by atoms with E-state index in [2.05, 4.69) is 10.6 Å². The Morgan fingerprint density at radius 2 is 1.93 bits per heavy atom. The van der Waals surface area contributed by atoms with Crippen molar-refractivity contribution < 1.29 is 14.5 Å². The smallest absolute Gasteiger partial charge is 0.271 e. The minimum Gasteiger partial charge on any atom is -0.491 e. The Labute approximate surface area is 162 Å². The molecule has 1 unspecified atom stereocenters. The summed E-state index contributed by atoms with van der Waals surface area (Å²) in [5.74, 6) is 0.305. The van der Waals surface area contributed by atoms with Crippen molar-refractivity contribution in [2.45, 2.75) is 33.3 Å². The van der Waals surface area contributed by atoms with Gasteiger partial charge < -0.3 is 10.1 Å². The molecule has 0 aliphatic rings. The second-order valence-corrected chi connectivity index (χ2v) is 6.43. The van der Waals surface area contributed by atoms with Gasteiger partial charge in [-0.1, -0.05) is 13.0 Å². The van der Waals surface area contributed by atoms with Gasteiger partial charge in [0.05, 0.1) is 11.0 Å². The molecular formula is C19H21N3O4S. The minimum absolute atomic E-state index is 0.0588. The molecule has 0 aliphatic heterocycles. The Bertz CT molecular complexity index is 853. The van der Waals surface area contributed by atoms with Crippen LogP contribution in [0.3, 0.4) is 0 Å². The van der Waals surface area contributed by atoms with E-state index >= 15 is 0 Å². The van der Waals surface area contributed by atoms with Gasteiger partial charge in [-0.25, -0.2) is 0 Å². The average Bonchev–Trinajstić information content (AvgIpc) is 2.63. The maximum absolute atomic E-state index is 12.3. The number of hydrogen-bond donors (Lipinski definition) is 2. The molecule has 0 saturated heterocycles. The zero-order valence-corrected chi connectivity index (χ0v) is 16.1. The van der Waals surface area contributed by atoms with Crippen molar-refractivity contribution >= 4 is 34.6 Å². The fraction of sp³-hybridized carbons (Fsp3) is 0.263. The number of nitrogens with zero attached hydrogens (tertiary/aromatic N) is 1. The topological polar surface area (TPSA) is 93.5 Å². The van der Waals surface area contributed by atoms with Crippen molar-refractivity contribution in [3.63, 3.8) is 0 Å². The molecule has 1 atom stereocenters. The Hall–Kier alpha value is -3.00. The highest BCUT2D eigenvalue weighted by Gasteiger charge is 2.12. The van der Waals surface area contributed by atoms with E-state index < -0.39 is 4.92 Å². The predicted molar refractivity (Wildman–Crippen MR) is 108 cm³/mol. The number of carbonyl (C=O) groups is 1. The van der Waals surface area contributed by atoms with Crippen molar-refractivity contribution in [3.8, 4) is 5.75 Å². The molecule has 1 amide bonds. The highest BCUT2D eigenvalue weighted by molar-refractivity contribution is 7.80. The van der Waals surface area contributed by atoms with E-state index in [1.807, 2.05) is 13.8 Å². The van der Waals surface area contributed by atoms with Gasteiger partial charge in [-0.15, -0.1) is 0 Å². The van der Waals surface area contributed by atoms with Gasteiger partial charge in [-0.2, -0.15) is 0 Å². The summed E-state index contributed by atoms with van der Waals surface area (Å²) in [5, 5.41) is 16.3. The summed E-state index contributed by atoms with van der Waals surface area (Å²) in [7, 11) is 0. The number of thiocarbonyl (C=S) groups is 1. The zero-order valence-electron chi connectivity index (χ0n) is 15.3. The summed E-state index contributed by atoms with van der Waals surface area (Å²) in [4.78, 5) is 22.7. The highest BCUT2D eigenvalue weighted by Crippen LogP contribution is 2.21. The zero-order chi connectivity index (χ0) is 20.0. The summed E-state index contributed by atoms with van der Waals surface area (Å²) in [6, 6.07) is 11.1. The molecule has 2 N–H and O–H groups in total. The number of anilines is 1. The van der Waals surface area contributed by atoms with Crippen molar-refractivity contribution in [1.29, 1.82) is 0 Å². The molecule has 7 nitrogen and oxygen atoms in total. The number of nitro benzene ring substituents is 1. The molecule has 0 bridgehead atoms. The summed E-state index contributed by atoms with van der Waals surface area (Å²) in [6.45, 7) is 5.79. The van der Waals surface area contributed by atoms with Crippen LogP contribution in [0.25, 0.3) is 0 Å². The lowest BCUT2D eigenvalue weighted by Crippen LogP contribution is -2.34. The average molecular weight is 387 g/mol. The second kappa shape index (κ2) is 9.09. The van der Waals surface area contributed by atoms with Crippen molar-refractivity contribution in [3.05, 3.63) is 63.7 Å². The number of ether oxygens (including phenoxy) is 1. The molecule has 0 heterocycles. The van der Waals surface area contributed by atoms with Gasteiger partial charge in [0.15, 0.2) is 5.11 Å². The summed E-state index contributed by atoms with van der Waals surface area (Å²) in [5.41, 5.74) is 1.59. The fourth-order valence-corrected chi connectivity index (χ4v) is 2.39. The Balaban J connectivity index is 2.00. The summed E-state index contributed by atoms with van der Waals surface area (Å²) in [6.07, 6.45) is 0.985. The van der Waals surface area contributed by atoms with E-state index in [4.69, 9.17) is 17.0 Å². The van der Waals surface area contributed by atoms with Crippen LogP contribution in [0.15, 0.2) is 42.5 Å². The first kappa shape index (κ1) is 20.3. The van der Waals surface area contributed by atoms with Gasteiger partial charge >= 0.3 is 0 Å². The third-order valence-corrected chi connectivity index (χ3v) is 4.14. The van der Waals surface area contributed by atoms with Gasteiger partial charge in [0.2, 0.25) is 0 Å². The Kier molecular flexibility index (Phi) is 6.84. The van der Waals surface area contributed by atoms with Gasteiger partial charge in [-0.05, 0) is 62.3 Å². The fourth-order valence-electron chi connectivity index (χ4n) is 2.19. The summed E-state index contributed by atoms with van der Waals surface area (Å²) < 4.78 is 5.68. The normalized spacial score (nSPS) is 11.4. The number of nitrogens with one attached hydrogen (secondary N) is 2. The molecule has 2 aromatic carbocycles. The molecule has 142 valence electrons. The molecule has 0 spiro atoms. The highest BCUT2D eigenvalue weighted by atomic mass is 32.1. The van der Waals surface area contributed by atoms with Crippen LogP contribution in [0.4, 0.5) is 11.4 Å². The van der Waals surface area contributed by atoms with Crippen LogP contribution in [0.5, 0.6) is 5.75 Å². The van der Waals surface area contributed by atoms with Crippen molar-refractivity contribution in [2.24, 2.45) is 0 Å². The molecule has 0 radical (unpaired) electrons. The molecule has 0 fully saturated rings. The molecule has 2 rings (SSSR count). The van der Waals surface area contributed by atoms with Crippen LogP contribution < -0.4 is 15.4 Å². The quantitative estimate of drug-likeness (QED) is 0.438. The number of non-ortho nitro benzene ring substituents is 1. The van der Waals surface area contributed by atoms with Gasteiger partial charge in [0.1, 0.15) is 5.75 Å². The maximum Gasteiger partial charge on any atom is 0.271 e. The Morgan fingerprint density at radius 1 is 1.26 bits per heavy atom. The SMILES string of the molecule is CCC(C)Oc1ccc(C(=O)NC(=S)Nc2cc([N+](=O)[O-])ccc2C)cc1. The van der Waals surface area contributed by atoms with Crippen molar-refractivity contribution in [2.75, 3.05) is 5.32 Å². The van der Waals surface area contributed by atoms with Gasteiger partial charge in [0.25, 0.3) is 11.6 Å². The number of carbonyl (C=O) groups excluding carboxylic acids is 1. The van der Waals surface area contributed by atoms with Crippen LogP contribution >= 0.6 is 12.2 Å². The second-order valence-electron chi connectivity index (χ2n) is 6.03. The van der Waals surface area contributed by atoms with Gasteiger partial charge in [0, 0.05) is 23.4 Å². The van der Waals surface area contributed by atoms with Crippen molar-refractivity contribution in [1.82, 2.24) is 5.32 Å². The lowest BCUT2D eigenvalue weighted by atomic mass is 10.2. The minimum atomic E-state index is -0.491. The molecule has 2 aromatic rings. The number of benzene rings is 2.